The molecule has 0 aromatic carbocycles. The highest BCUT2D eigenvalue weighted by Crippen LogP contribution is 2.07. The van der Waals surface area contributed by atoms with Gasteiger partial charge in [-0.25, -0.2) is 18.0 Å². The van der Waals surface area contributed by atoms with Crippen LogP contribution in [0.2, 0.25) is 0 Å². The summed E-state index contributed by atoms with van der Waals surface area (Å²) >= 11 is 0. The molecule has 8 nitrogen and oxygen atoms in total. The smallest absolute Gasteiger partial charge is 0.350 e. The highest BCUT2D eigenvalue weighted by molar-refractivity contribution is 7.89. The number of nitrogens with one attached hydrogen (secondary N) is 1. The van der Waals surface area contributed by atoms with Gasteiger partial charge in [-0.2, -0.15) is 0 Å². The van der Waals surface area contributed by atoms with Crippen LogP contribution in [0.4, 0.5) is 0 Å². The van der Waals surface area contributed by atoms with Crippen LogP contribution in [0, 0.1) is 0 Å². The third-order valence-electron chi connectivity index (χ3n) is 1.37. The molecule has 0 saturated carbocycles. The van der Waals surface area contributed by atoms with Gasteiger partial charge in [-0.15, -0.1) is 0 Å². The molecule has 0 spiro atoms. The van der Waals surface area contributed by atoms with Gasteiger partial charge in [0.15, 0.2) is 0 Å². The zero-order valence-corrected chi connectivity index (χ0v) is 9.01. The van der Waals surface area contributed by atoms with Crippen LogP contribution in [-0.4, -0.2) is 25.5 Å². The molecule has 92 valence electrons. The molecule has 1 heterocycles. The van der Waals surface area contributed by atoms with Crippen LogP contribution in [0.15, 0.2) is 40.1 Å². The Labute approximate surface area is 95.5 Å². The number of furan rings is 1. The maximum Gasteiger partial charge on any atom is 0.350 e. The minimum absolute atomic E-state index is 0.437. The van der Waals surface area contributed by atoms with Crippen molar-refractivity contribution in [1.29, 1.82) is 0 Å². The number of carbonyl (C=O) groups excluding carboxylic acids is 1. The van der Waals surface area contributed by atoms with E-state index in [9.17, 15) is 18.0 Å². The second kappa shape index (κ2) is 5.27. The largest absolute Gasteiger partial charge is 0.478 e. The van der Waals surface area contributed by atoms with Gasteiger partial charge in [0.05, 0.1) is 6.26 Å². The van der Waals surface area contributed by atoms with Crippen molar-refractivity contribution in [2.45, 2.75) is 5.09 Å². The fourth-order valence-corrected chi connectivity index (χ4v) is 1.44. The number of hydrogen-bond acceptors (Lipinski definition) is 6. The van der Waals surface area contributed by atoms with Crippen LogP contribution < -0.4 is 4.89 Å². The summed E-state index contributed by atoms with van der Waals surface area (Å²) in [5, 5.41) is 7.75. The SMILES string of the molecule is O=C(O)/C=C/C(=O)ONS(=O)(=O)c1ccco1. The van der Waals surface area contributed by atoms with E-state index in [0.717, 1.165) is 12.3 Å². The molecule has 0 amide bonds. The van der Waals surface area contributed by atoms with Crippen molar-refractivity contribution in [2.24, 2.45) is 0 Å². The Morgan fingerprint density at radius 2 is 2.12 bits per heavy atom. The Morgan fingerprint density at radius 1 is 1.41 bits per heavy atom. The van der Waals surface area contributed by atoms with Gasteiger partial charge >= 0.3 is 22.0 Å². The summed E-state index contributed by atoms with van der Waals surface area (Å²) in [6, 6.07) is 2.48. The minimum atomic E-state index is -4.09. The first-order valence-corrected chi connectivity index (χ1v) is 5.57. The summed E-state index contributed by atoms with van der Waals surface area (Å²) in [6.45, 7) is 0. The molecule has 1 aromatic rings. The van der Waals surface area contributed by atoms with Crippen LogP contribution in [0.1, 0.15) is 0 Å². The van der Waals surface area contributed by atoms with Crippen LogP contribution in [0.25, 0.3) is 0 Å². The highest BCUT2D eigenvalue weighted by atomic mass is 32.2. The number of rotatable bonds is 5. The minimum Gasteiger partial charge on any atom is -0.478 e. The number of aliphatic carboxylic acids is 1. The van der Waals surface area contributed by atoms with Crippen LogP contribution in [0.5, 0.6) is 0 Å². The molecular formula is C8H7NO7S. The van der Waals surface area contributed by atoms with E-state index in [4.69, 9.17) is 5.11 Å². The third-order valence-corrected chi connectivity index (χ3v) is 2.44. The zero-order valence-electron chi connectivity index (χ0n) is 8.19. The molecule has 0 aliphatic carbocycles. The number of carboxylic acid groups (broad SMARTS) is 1. The second-order valence-electron chi connectivity index (χ2n) is 2.61. The Hall–Kier alpha value is -2.13. The van der Waals surface area contributed by atoms with E-state index in [0.29, 0.717) is 12.2 Å². The molecule has 9 heteroatoms. The fourth-order valence-electron chi connectivity index (χ4n) is 0.727. The van der Waals surface area contributed by atoms with Gasteiger partial charge in [0.25, 0.3) is 0 Å². The average molecular weight is 261 g/mol. The molecule has 0 aliphatic heterocycles. The summed E-state index contributed by atoms with van der Waals surface area (Å²) in [7, 11) is -4.09. The Morgan fingerprint density at radius 3 is 2.65 bits per heavy atom. The van der Waals surface area contributed by atoms with Crippen molar-refractivity contribution in [3.8, 4) is 0 Å². The molecule has 0 saturated heterocycles. The molecule has 0 bridgehead atoms. The molecule has 0 fully saturated rings. The molecule has 1 aromatic heterocycles. The lowest BCUT2D eigenvalue weighted by Gasteiger charge is -2.01. The fraction of sp³-hybridized carbons (Fsp3) is 0. The van der Waals surface area contributed by atoms with Crippen molar-refractivity contribution in [2.75, 3.05) is 0 Å². The molecule has 2 N–H and O–H groups in total. The van der Waals surface area contributed by atoms with Crippen LogP contribution in [-0.2, 0) is 24.4 Å². The van der Waals surface area contributed by atoms with Crippen molar-refractivity contribution in [1.82, 2.24) is 4.89 Å². The van der Waals surface area contributed by atoms with E-state index in [-0.39, 0.29) is 0 Å². The van der Waals surface area contributed by atoms with Gasteiger partial charge in [-0.05, 0) is 17.0 Å². The van der Waals surface area contributed by atoms with Gasteiger partial charge < -0.3 is 14.4 Å². The van der Waals surface area contributed by atoms with Crippen molar-refractivity contribution >= 4 is 22.0 Å². The Balaban J connectivity index is 2.57. The van der Waals surface area contributed by atoms with Gasteiger partial charge in [0.2, 0.25) is 5.09 Å². The quantitative estimate of drug-likeness (QED) is 0.548. The maximum atomic E-state index is 11.3. The lowest BCUT2D eigenvalue weighted by molar-refractivity contribution is -0.141. The molecule has 17 heavy (non-hydrogen) atoms. The standard InChI is InChI=1S/C8H7NO7S/c10-6(11)3-4-7(12)16-9-17(13,14)8-2-1-5-15-8/h1-5,9H,(H,10,11)/b4-3+. The summed E-state index contributed by atoms with van der Waals surface area (Å²) in [5.74, 6) is -2.54. The summed E-state index contributed by atoms with van der Waals surface area (Å²) in [4.78, 5) is 26.4. The third kappa shape index (κ3) is 4.09. The van der Waals surface area contributed by atoms with Gasteiger partial charge in [-0.3, -0.25) is 0 Å². The van der Waals surface area contributed by atoms with E-state index in [1.54, 1.807) is 0 Å². The van der Waals surface area contributed by atoms with Crippen molar-refractivity contribution < 1.29 is 32.4 Å². The molecule has 0 aliphatic rings. The Bertz CT molecular complexity index is 528. The normalized spacial score (nSPS) is 11.5. The van der Waals surface area contributed by atoms with E-state index >= 15 is 0 Å². The molecule has 0 unspecified atom stereocenters. The predicted octanol–water partition coefficient (Wildman–Crippen LogP) is -0.343. The number of carbonyl (C=O) groups is 2. The van der Waals surface area contributed by atoms with E-state index < -0.39 is 27.1 Å². The first-order valence-electron chi connectivity index (χ1n) is 4.09. The molecular weight excluding hydrogens is 254 g/mol. The zero-order chi connectivity index (χ0) is 12.9. The first-order chi connectivity index (χ1) is 7.92. The summed E-state index contributed by atoms with van der Waals surface area (Å²) in [5.41, 5.74) is 0. The molecule has 1 rings (SSSR count). The molecule has 0 atom stereocenters. The molecule has 0 radical (unpaired) electrons. The van der Waals surface area contributed by atoms with Crippen LogP contribution >= 0.6 is 0 Å². The van der Waals surface area contributed by atoms with Crippen LogP contribution in [0.3, 0.4) is 0 Å². The predicted molar refractivity (Wildman–Crippen MR) is 51.9 cm³/mol. The van der Waals surface area contributed by atoms with Crippen molar-refractivity contribution in [3.05, 3.63) is 30.5 Å². The number of hydrogen-bond donors (Lipinski definition) is 2. The van der Waals surface area contributed by atoms with E-state index in [2.05, 4.69) is 9.25 Å². The topological polar surface area (TPSA) is 123 Å². The lowest BCUT2D eigenvalue weighted by Crippen LogP contribution is -2.26. The summed E-state index contributed by atoms with van der Waals surface area (Å²) in [6.07, 6.45) is 2.18. The highest BCUT2D eigenvalue weighted by Gasteiger charge is 2.18. The first kappa shape index (κ1) is 12.9. The van der Waals surface area contributed by atoms with Crippen molar-refractivity contribution in [3.63, 3.8) is 0 Å². The maximum absolute atomic E-state index is 11.3. The van der Waals surface area contributed by atoms with Gasteiger partial charge in [0, 0.05) is 12.2 Å². The second-order valence-corrected chi connectivity index (χ2v) is 4.19. The van der Waals surface area contributed by atoms with E-state index in [1.807, 2.05) is 0 Å². The average Bonchev–Trinajstić information content (AvgIpc) is 2.77. The number of carboxylic acids is 1. The monoisotopic (exact) mass is 261 g/mol. The van der Waals surface area contributed by atoms with Gasteiger partial charge in [0.1, 0.15) is 0 Å². The summed E-state index contributed by atoms with van der Waals surface area (Å²) < 4.78 is 27.2. The lowest BCUT2D eigenvalue weighted by atomic mass is 10.5. The van der Waals surface area contributed by atoms with Gasteiger partial charge in [-0.1, -0.05) is 0 Å². The number of sulfonamides is 1. The van der Waals surface area contributed by atoms with E-state index in [1.165, 1.54) is 11.0 Å². The Kier molecular flexibility index (Phi) is 4.01.